The zero-order valence-corrected chi connectivity index (χ0v) is 16.6. The first-order valence-corrected chi connectivity index (χ1v) is 9.23. The van der Waals surface area contributed by atoms with Gasteiger partial charge in [-0.2, -0.15) is 5.10 Å². The lowest BCUT2D eigenvalue weighted by molar-refractivity contribution is -0.127. The summed E-state index contributed by atoms with van der Waals surface area (Å²) < 4.78 is 7.14. The number of benzene rings is 1. The maximum absolute atomic E-state index is 12.5. The molecule has 0 unspecified atom stereocenters. The molecule has 0 bridgehead atoms. The summed E-state index contributed by atoms with van der Waals surface area (Å²) in [6.07, 6.45) is 1.95. The van der Waals surface area contributed by atoms with E-state index < -0.39 is 0 Å². The molecular weight excluding hydrogens is 340 g/mol. The first-order chi connectivity index (χ1) is 13.0. The number of nitrogens with zero attached hydrogens (tertiary/aromatic N) is 4. The molecule has 0 saturated heterocycles. The third-order valence-electron chi connectivity index (χ3n) is 4.73. The Balaban J connectivity index is 2.24. The lowest BCUT2D eigenvalue weighted by Gasteiger charge is -2.11. The average Bonchev–Trinajstić information content (AvgIpc) is 3.05. The highest BCUT2D eigenvalue weighted by Crippen LogP contribution is 2.29. The van der Waals surface area contributed by atoms with Crippen LogP contribution in [0.15, 0.2) is 30.3 Å². The second-order valence-electron chi connectivity index (χ2n) is 6.70. The Labute approximate surface area is 159 Å². The van der Waals surface area contributed by atoms with E-state index in [1.54, 1.807) is 26.1 Å². The van der Waals surface area contributed by atoms with Gasteiger partial charge in [-0.15, -0.1) is 0 Å². The number of aryl methyl sites for hydroxylation is 2. The van der Waals surface area contributed by atoms with Gasteiger partial charge in [0, 0.05) is 36.6 Å². The molecule has 1 amide bonds. The van der Waals surface area contributed by atoms with Gasteiger partial charge in [0.25, 0.3) is 0 Å². The number of carbonyl (C=O) groups excluding carboxylic acids is 1. The highest BCUT2D eigenvalue weighted by molar-refractivity contribution is 5.84. The van der Waals surface area contributed by atoms with E-state index >= 15 is 0 Å². The first-order valence-electron chi connectivity index (χ1n) is 9.23. The third kappa shape index (κ3) is 3.65. The molecule has 3 aromatic rings. The van der Waals surface area contributed by atoms with Crippen LogP contribution < -0.4 is 4.74 Å². The van der Waals surface area contributed by atoms with Crippen LogP contribution in [0.4, 0.5) is 0 Å². The van der Waals surface area contributed by atoms with Gasteiger partial charge in [0.15, 0.2) is 5.65 Å². The number of hydrogen-bond donors (Lipinski definition) is 0. The van der Waals surface area contributed by atoms with Crippen LogP contribution in [-0.2, 0) is 24.1 Å². The molecule has 0 radical (unpaired) electrons. The quantitative estimate of drug-likeness (QED) is 0.672. The zero-order valence-electron chi connectivity index (χ0n) is 16.6. The summed E-state index contributed by atoms with van der Waals surface area (Å²) in [5.41, 5.74) is 5.48. The van der Waals surface area contributed by atoms with Crippen molar-refractivity contribution in [1.29, 1.82) is 0 Å². The molecule has 0 aliphatic rings. The van der Waals surface area contributed by atoms with Gasteiger partial charge in [-0.05, 0) is 43.2 Å². The number of aromatic nitrogens is 3. The largest absolute Gasteiger partial charge is 0.497 e. The Kier molecular flexibility index (Phi) is 5.44. The van der Waals surface area contributed by atoms with Crippen LogP contribution in [0.2, 0.25) is 0 Å². The minimum atomic E-state index is 0.0291. The number of rotatable bonds is 6. The number of carbonyl (C=O) groups is 1. The van der Waals surface area contributed by atoms with Crippen LogP contribution in [-0.4, -0.2) is 46.6 Å². The summed E-state index contributed by atoms with van der Waals surface area (Å²) in [4.78, 5) is 18.9. The monoisotopic (exact) mass is 366 g/mol. The van der Waals surface area contributed by atoms with Crippen molar-refractivity contribution in [2.24, 2.45) is 0 Å². The molecular formula is C21H26N4O2. The summed E-state index contributed by atoms with van der Waals surface area (Å²) in [5, 5.41) is 4.84. The van der Waals surface area contributed by atoms with Gasteiger partial charge in [-0.1, -0.05) is 13.8 Å². The Bertz CT molecular complexity index is 958. The summed E-state index contributed by atoms with van der Waals surface area (Å²) >= 11 is 0. The van der Waals surface area contributed by atoms with Crippen LogP contribution in [0, 0.1) is 0 Å². The SMILES string of the molecule is CCc1cc(CC)n2nc(-c3ccc(OC)cc3)c(CC(=O)N(C)C)c2n1. The lowest BCUT2D eigenvalue weighted by atomic mass is 10.0. The molecule has 2 heterocycles. The molecule has 0 aliphatic heterocycles. The van der Waals surface area contributed by atoms with Gasteiger partial charge in [-0.3, -0.25) is 4.79 Å². The predicted molar refractivity (Wildman–Crippen MR) is 106 cm³/mol. The van der Waals surface area contributed by atoms with Crippen molar-refractivity contribution in [3.63, 3.8) is 0 Å². The second-order valence-corrected chi connectivity index (χ2v) is 6.70. The number of fused-ring (bicyclic) bond motifs is 1. The molecule has 0 aliphatic carbocycles. The molecule has 0 spiro atoms. The van der Waals surface area contributed by atoms with Gasteiger partial charge in [-0.25, -0.2) is 9.50 Å². The molecule has 3 rings (SSSR count). The van der Waals surface area contributed by atoms with Crippen molar-refractivity contribution >= 4 is 11.6 Å². The first kappa shape index (κ1) is 18.9. The van der Waals surface area contributed by atoms with Crippen molar-refractivity contribution in [1.82, 2.24) is 19.5 Å². The predicted octanol–water partition coefficient (Wildman–Crippen LogP) is 3.16. The Morgan fingerprint density at radius 2 is 1.85 bits per heavy atom. The molecule has 2 aromatic heterocycles. The Hall–Kier alpha value is -2.89. The Morgan fingerprint density at radius 1 is 1.15 bits per heavy atom. The second kappa shape index (κ2) is 7.78. The number of likely N-dealkylation sites (N-methyl/N-ethyl adjacent to an activating group) is 1. The van der Waals surface area contributed by atoms with Gasteiger partial charge in [0.1, 0.15) is 5.75 Å². The van der Waals surface area contributed by atoms with Gasteiger partial charge >= 0.3 is 0 Å². The van der Waals surface area contributed by atoms with Gasteiger partial charge in [0.2, 0.25) is 5.91 Å². The molecule has 0 saturated carbocycles. The van der Waals surface area contributed by atoms with Crippen LogP contribution >= 0.6 is 0 Å². The minimum absolute atomic E-state index is 0.0291. The normalized spacial score (nSPS) is 11.0. The molecule has 27 heavy (non-hydrogen) atoms. The Morgan fingerprint density at radius 3 is 2.41 bits per heavy atom. The molecule has 6 heteroatoms. The third-order valence-corrected chi connectivity index (χ3v) is 4.73. The standard InChI is InChI=1S/C21H26N4O2/c1-6-15-12-16(7-2)25-21(22-15)18(13-19(26)24(3)4)20(23-25)14-8-10-17(27-5)11-9-14/h8-12H,6-7,13H2,1-5H3. The summed E-state index contributed by atoms with van der Waals surface area (Å²) in [5.74, 6) is 0.815. The van der Waals surface area contributed by atoms with Gasteiger partial charge < -0.3 is 9.64 Å². The number of hydrogen-bond acceptors (Lipinski definition) is 4. The fourth-order valence-corrected chi connectivity index (χ4v) is 3.06. The van der Waals surface area contributed by atoms with Crippen molar-refractivity contribution < 1.29 is 9.53 Å². The molecule has 142 valence electrons. The molecule has 1 aromatic carbocycles. The van der Waals surface area contributed by atoms with E-state index in [0.29, 0.717) is 0 Å². The van der Waals surface area contributed by atoms with Crippen LogP contribution in [0.1, 0.15) is 30.8 Å². The van der Waals surface area contributed by atoms with Crippen molar-refractivity contribution in [3.8, 4) is 17.0 Å². The highest BCUT2D eigenvalue weighted by Gasteiger charge is 2.21. The van der Waals surface area contributed by atoms with E-state index in [0.717, 1.165) is 52.4 Å². The summed E-state index contributed by atoms with van der Waals surface area (Å²) in [6.45, 7) is 4.19. The fourth-order valence-electron chi connectivity index (χ4n) is 3.06. The average molecular weight is 366 g/mol. The van der Waals surface area contributed by atoms with E-state index in [1.807, 2.05) is 28.8 Å². The fraction of sp³-hybridized carbons (Fsp3) is 0.381. The minimum Gasteiger partial charge on any atom is -0.497 e. The topological polar surface area (TPSA) is 59.7 Å². The summed E-state index contributed by atoms with van der Waals surface area (Å²) in [6, 6.07) is 9.84. The zero-order chi connectivity index (χ0) is 19.6. The molecule has 6 nitrogen and oxygen atoms in total. The van der Waals surface area contributed by atoms with Gasteiger partial charge in [0.05, 0.1) is 19.2 Å². The lowest BCUT2D eigenvalue weighted by Crippen LogP contribution is -2.23. The number of ether oxygens (including phenoxy) is 1. The molecule has 0 N–H and O–H groups in total. The van der Waals surface area contributed by atoms with Crippen LogP contribution in [0.3, 0.4) is 0 Å². The highest BCUT2D eigenvalue weighted by atomic mass is 16.5. The maximum atomic E-state index is 12.5. The number of amides is 1. The molecule has 0 fully saturated rings. The number of methoxy groups -OCH3 is 1. The van der Waals surface area contributed by atoms with Crippen molar-refractivity contribution in [2.45, 2.75) is 33.1 Å². The van der Waals surface area contributed by atoms with Crippen LogP contribution in [0.5, 0.6) is 5.75 Å². The van der Waals surface area contributed by atoms with Crippen molar-refractivity contribution in [3.05, 3.63) is 47.3 Å². The smallest absolute Gasteiger partial charge is 0.226 e. The van der Waals surface area contributed by atoms with E-state index in [9.17, 15) is 4.79 Å². The van der Waals surface area contributed by atoms with E-state index in [4.69, 9.17) is 14.8 Å². The summed E-state index contributed by atoms with van der Waals surface area (Å²) in [7, 11) is 5.18. The van der Waals surface area contributed by atoms with Crippen LogP contribution in [0.25, 0.3) is 16.9 Å². The maximum Gasteiger partial charge on any atom is 0.226 e. The molecule has 0 atom stereocenters. The van der Waals surface area contributed by atoms with E-state index in [-0.39, 0.29) is 12.3 Å². The van der Waals surface area contributed by atoms with Crippen molar-refractivity contribution in [2.75, 3.05) is 21.2 Å². The van der Waals surface area contributed by atoms with E-state index in [1.165, 1.54) is 0 Å². The van der Waals surface area contributed by atoms with E-state index in [2.05, 4.69) is 19.9 Å².